The van der Waals surface area contributed by atoms with Gasteiger partial charge < -0.3 is 9.32 Å². The minimum Gasteiger partial charge on any atom is -0.456 e. The Hall–Kier alpha value is -6.38. The van der Waals surface area contributed by atoms with Crippen LogP contribution in [0.3, 0.4) is 0 Å². The fourth-order valence-electron chi connectivity index (χ4n) is 8.30. The summed E-state index contributed by atoms with van der Waals surface area (Å²) in [4.78, 5) is 2.42. The smallest absolute Gasteiger partial charge is 0.137 e. The van der Waals surface area contributed by atoms with Gasteiger partial charge in [-0.2, -0.15) is 0 Å². The number of fused-ring (bicyclic) bond motifs is 8. The third-order valence-corrected chi connectivity index (χ3v) is 10.9. The average molecular weight is 654 g/mol. The molecule has 8 aromatic carbocycles. The molecule has 1 heterocycles. The lowest BCUT2D eigenvalue weighted by Gasteiger charge is -2.30. The van der Waals surface area contributed by atoms with Crippen molar-refractivity contribution in [2.45, 2.75) is 19.3 Å². The molecule has 242 valence electrons. The number of benzene rings is 8. The zero-order valence-corrected chi connectivity index (χ0v) is 28.6. The Bertz CT molecular complexity index is 2760. The third-order valence-electron chi connectivity index (χ3n) is 10.9. The van der Waals surface area contributed by atoms with Crippen LogP contribution in [-0.2, 0) is 5.41 Å². The van der Waals surface area contributed by atoms with Gasteiger partial charge in [-0.3, -0.25) is 0 Å². The Balaban J connectivity index is 1.24. The highest BCUT2D eigenvalue weighted by atomic mass is 16.3. The fourth-order valence-corrected chi connectivity index (χ4v) is 8.30. The Labute approximate surface area is 297 Å². The van der Waals surface area contributed by atoms with Gasteiger partial charge in [0.2, 0.25) is 0 Å². The molecule has 0 saturated carbocycles. The van der Waals surface area contributed by atoms with Crippen LogP contribution in [0, 0.1) is 0 Å². The van der Waals surface area contributed by atoms with Crippen molar-refractivity contribution in [2.75, 3.05) is 4.90 Å². The van der Waals surface area contributed by atoms with Crippen molar-refractivity contribution in [1.82, 2.24) is 0 Å². The molecule has 1 aliphatic rings. The zero-order chi connectivity index (χ0) is 34.1. The molecule has 0 atom stereocenters. The number of nitrogens with zero attached hydrogens (tertiary/aromatic N) is 1. The lowest BCUT2D eigenvalue weighted by molar-refractivity contribution is 0.660. The van der Waals surface area contributed by atoms with E-state index in [0.29, 0.717) is 0 Å². The molecular formula is C49H35NO. The summed E-state index contributed by atoms with van der Waals surface area (Å²) < 4.78 is 6.64. The Kier molecular flexibility index (Phi) is 6.56. The number of furan rings is 1. The van der Waals surface area contributed by atoms with Gasteiger partial charge in [0.05, 0.1) is 5.69 Å². The second-order valence-electron chi connectivity index (χ2n) is 14.1. The highest BCUT2D eigenvalue weighted by molar-refractivity contribution is 6.19. The van der Waals surface area contributed by atoms with Crippen LogP contribution in [0.25, 0.3) is 66.1 Å². The van der Waals surface area contributed by atoms with E-state index in [1.165, 1.54) is 55.3 Å². The van der Waals surface area contributed by atoms with Crippen molar-refractivity contribution in [1.29, 1.82) is 0 Å². The maximum Gasteiger partial charge on any atom is 0.137 e. The van der Waals surface area contributed by atoms with Crippen molar-refractivity contribution in [3.8, 4) is 33.4 Å². The third kappa shape index (κ3) is 4.64. The lowest BCUT2D eigenvalue weighted by Crippen LogP contribution is -2.17. The van der Waals surface area contributed by atoms with Gasteiger partial charge in [0.25, 0.3) is 0 Å². The van der Waals surface area contributed by atoms with Crippen molar-refractivity contribution in [3.63, 3.8) is 0 Å². The van der Waals surface area contributed by atoms with Crippen LogP contribution in [0.2, 0.25) is 0 Å². The van der Waals surface area contributed by atoms with Crippen LogP contribution in [0.1, 0.15) is 25.0 Å². The van der Waals surface area contributed by atoms with Gasteiger partial charge in [0.1, 0.15) is 11.2 Å². The molecule has 0 amide bonds. The lowest BCUT2D eigenvalue weighted by atomic mass is 9.81. The van der Waals surface area contributed by atoms with Gasteiger partial charge in [-0.25, -0.2) is 0 Å². The Morgan fingerprint density at radius 2 is 1.10 bits per heavy atom. The first-order valence-electron chi connectivity index (χ1n) is 17.7. The van der Waals surface area contributed by atoms with E-state index >= 15 is 0 Å². The Morgan fingerprint density at radius 3 is 1.90 bits per heavy atom. The quantitative estimate of drug-likeness (QED) is 0.184. The maximum atomic E-state index is 6.64. The van der Waals surface area contributed by atoms with E-state index in [1.54, 1.807) is 0 Å². The molecule has 0 unspecified atom stereocenters. The molecule has 0 bridgehead atoms. The highest BCUT2D eigenvalue weighted by Crippen LogP contribution is 2.53. The van der Waals surface area contributed by atoms with Gasteiger partial charge in [-0.1, -0.05) is 141 Å². The molecule has 9 aromatic rings. The standard InChI is InChI=1S/C49H35NO/c1-49(2)43-20-12-11-19-39(43)42-30-41(34-15-7-4-8-16-34)45(31-44(42)49)50(36-24-21-33(22-25-36)32-13-5-3-6-14-32)37-26-27-40-47(29-37)51-46-28-23-35-17-9-10-18-38(35)48(40)46/h3-31H,1-2H3. The number of rotatable bonds is 5. The highest BCUT2D eigenvalue weighted by Gasteiger charge is 2.37. The molecule has 0 N–H and O–H groups in total. The van der Waals surface area contributed by atoms with Crippen LogP contribution in [0.4, 0.5) is 17.1 Å². The second-order valence-corrected chi connectivity index (χ2v) is 14.1. The summed E-state index contributed by atoms with van der Waals surface area (Å²) in [6, 6.07) is 63.6. The first-order valence-corrected chi connectivity index (χ1v) is 17.7. The Morgan fingerprint density at radius 1 is 0.431 bits per heavy atom. The molecule has 2 heteroatoms. The van der Waals surface area contributed by atoms with E-state index in [2.05, 4.69) is 195 Å². The van der Waals surface area contributed by atoms with E-state index in [4.69, 9.17) is 4.42 Å². The molecule has 2 nitrogen and oxygen atoms in total. The van der Waals surface area contributed by atoms with Gasteiger partial charge in [0.15, 0.2) is 0 Å². The van der Waals surface area contributed by atoms with Crippen molar-refractivity contribution >= 4 is 49.8 Å². The van der Waals surface area contributed by atoms with Gasteiger partial charge in [-0.15, -0.1) is 0 Å². The average Bonchev–Trinajstić information content (AvgIpc) is 3.67. The monoisotopic (exact) mass is 653 g/mol. The summed E-state index contributed by atoms with van der Waals surface area (Å²) >= 11 is 0. The molecule has 10 rings (SSSR count). The molecule has 0 fully saturated rings. The molecule has 1 aromatic heterocycles. The largest absolute Gasteiger partial charge is 0.456 e. The van der Waals surface area contributed by atoms with Crippen LogP contribution < -0.4 is 4.90 Å². The van der Waals surface area contributed by atoms with E-state index < -0.39 is 0 Å². The van der Waals surface area contributed by atoms with Crippen LogP contribution >= 0.6 is 0 Å². The van der Waals surface area contributed by atoms with Crippen molar-refractivity contribution < 1.29 is 4.42 Å². The summed E-state index contributed by atoms with van der Waals surface area (Å²) in [6.45, 7) is 4.71. The van der Waals surface area contributed by atoms with Gasteiger partial charge in [0, 0.05) is 39.2 Å². The summed E-state index contributed by atoms with van der Waals surface area (Å²) in [7, 11) is 0. The summed E-state index contributed by atoms with van der Waals surface area (Å²) in [5.41, 5.74) is 15.0. The van der Waals surface area contributed by atoms with E-state index in [9.17, 15) is 0 Å². The van der Waals surface area contributed by atoms with Crippen LogP contribution in [0.15, 0.2) is 180 Å². The summed E-state index contributed by atoms with van der Waals surface area (Å²) in [5, 5.41) is 4.71. The van der Waals surface area contributed by atoms with Crippen LogP contribution in [0.5, 0.6) is 0 Å². The molecule has 0 spiro atoms. The second kappa shape index (κ2) is 11.3. The normalized spacial score (nSPS) is 13.1. The number of hydrogen-bond acceptors (Lipinski definition) is 2. The molecule has 0 saturated heterocycles. The van der Waals surface area contributed by atoms with Crippen molar-refractivity contribution in [3.05, 3.63) is 187 Å². The van der Waals surface area contributed by atoms with Gasteiger partial charge in [-0.05, 0) is 92.2 Å². The first-order chi connectivity index (χ1) is 25.0. The predicted octanol–water partition coefficient (Wildman–Crippen LogP) is 13.8. The predicted molar refractivity (Wildman–Crippen MR) is 214 cm³/mol. The molecular weight excluding hydrogens is 619 g/mol. The molecule has 0 radical (unpaired) electrons. The zero-order valence-electron chi connectivity index (χ0n) is 28.6. The molecule has 1 aliphatic carbocycles. The maximum absolute atomic E-state index is 6.64. The number of anilines is 3. The van der Waals surface area contributed by atoms with E-state index in [0.717, 1.165) is 39.0 Å². The SMILES string of the molecule is CC1(C)c2ccccc2-c2cc(-c3ccccc3)c(N(c3ccc(-c4ccccc4)cc3)c3ccc4c(c3)oc3ccc5ccccc5c34)cc21. The minimum atomic E-state index is -0.150. The summed E-state index contributed by atoms with van der Waals surface area (Å²) in [6.07, 6.45) is 0. The topological polar surface area (TPSA) is 16.4 Å². The number of hydrogen-bond donors (Lipinski definition) is 0. The molecule has 0 aliphatic heterocycles. The van der Waals surface area contributed by atoms with E-state index in [-0.39, 0.29) is 5.41 Å². The van der Waals surface area contributed by atoms with Crippen molar-refractivity contribution in [2.24, 2.45) is 0 Å². The van der Waals surface area contributed by atoms with E-state index in [1.807, 2.05) is 0 Å². The van der Waals surface area contributed by atoms with Gasteiger partial charge >= 0.3 is 0 Å². The summed E-state index contributed by atoms with van der Waals surface area (Å²) in [5.74, 6) is 0. The molecule has 51 heavy (non-hydrogen) atoms. The van der Waals surface area contributed by atoms with Crippen LogP contribution in [-0.4, -0.2) is 0 Å². The first kappa shape index (κ1) is 29.5. The minimum absolute atomic E-state index is 0.150. The fraction of sp³-hybridized carbons (Fsp3) is 0.0612.